The van der Waals surface area contributed by atoms with Crippen molar-refractivity contribution in [3.63, 3.8) is 0 Å². The average Bonchev–Trinajstić information content (AvgIpc) is 2.80. The molecular formula is C22H30N4O6S. The van der Waals surface area contributed by atoms with Gasteiger partial charge in [0.25, 0.3) is 5.91 Å². The van der Waals surface area contributed by atoms with E-state index in [1.807, 2.05) is 12.1 Å². The van der Waals surface area contributed by atoms with E-state index in [9.17, 15) is 23.3 Å². The number of ether oxygens (including phenoxy) is 1. The quantitative estimate of drug-likeness (QED) is 0.366. The van der Waals surface area contributed by atoms with Crippen LogP contribution in [-0.4, -0.2) is 56.3 Å². The molecule has 0 bridgehead atoms. The molecular weight excluding hydrogens is 448 g/mol. The maximum absolute atomic E-state index is 12.6. The Bertz CT molecular complexity index is 1060. The van der Waals surface area contributed by atoms with E-state index in [0.717, 1.165) is 24.8 Å². The number of nitro groups is 1. The van der Waals surface area contributed by atoms with Crippen molar-refractivity contribution in [3.8, 4) is 5.75 Å². The SMILES string of the molecule is CCN(CC)c1ccc(NC(=O)COc2ccc(S(=O)(=O)N(CC)CC)cc2[N+](=O)[O-])cc1. The van der Waals surface area contributed by atoms with Crippen molar-refractivity contribution in [2.24, 2.45) is 0 Å². The van der Waals surface area contributed by atoms with Crippen LogP contribution in [0.15, 0.2) is 47.4 Å². The van der Waals surface area contributed by atoms with Crippen LogP contribution in [0.1, 0.15) is 27.7 Å². The summed E-state index contributed by atoms with van der Waals surface area (Å²) in [5, 5.41) is 14.2. The van der Waals surface area contributed by atoms with Gasteiger partial charge < -0.3 is 15.0 Å². The van der Waals surface area contributed by atoms with Gasteiger partial charge in [-0.15, -0.1) is 0 Å². The Morgan fingerprint density at radius 2 is 1.61 bits per heavy atom. The molecule has 2 aromatic carbocycles. The number of anilines is 2. The Morgan fingerprint density at radius 1 is 1.00 bits per heavy atom. The van der Waals surface area contributed by atoms with E-state index in [0.29, 0.717) is 5.69 Å². The van der Waals surface area contributed by atoms with Gasteiger partial charge in [0, 0.05) is 43.6 Å². The van der Waals surface area contributed by atoms with Crippen molar-refractivity contribution >= 4 is 33.0 Å². The number of rotatable bonds is 12. The van der Waals surface area contributed by atoms with Crippen molar-refractivity contribution in [3.05, 3.63) is 52.6 Å². The van der Waals surface area contributed by atoms with E-state index in [1.165, 1.54) is 16.4 Å². The molecule has 11 heteroatoms. The lowest BCUT2D eigenvalue weighted by Crippen LogP contribution is -2.30. The Morgan fingerprint density at radius 3 is 2.12 bits per heavy atom. The summed E-state index contributed by atoms with van der Waals surface area (Å²) in [6, 6.07) is 10.7. The first-order valence-electron chi connectivity index (χ1n) is 10.7. The first kappa shape index (κ1) is 26.1. The van der Waals surface area contributed by atoms with E-state index >= 15 is 0 Å². The largest absolute Gasteiger partial charge is 0.477 e. The third kappa shape index (κ3) is 6.42. The molecule has 1 N–H and O–H groups in total. The summed E-state index contributed by atoms with van der Waals surface area (Å²) >= 11 is 0. The van der Waals surface area contributed by atoms with Crippen molar-refractivity contribution < 1.29 is 22.9 Å². The highest BCUT2D eigenvalue weighted by atomic mass is 32.2. The van der Waals surface area contributed by atoms with Gasteiger partial charge in [0.15, 0.2) is 12.4 Å². The Kier molecular flexibility index (Phi) is 9.18. The van der Waals surface area contributed by atoms with Gasteiger partial charge in [0.2, 0.25) is 10.0 Å². The number of nitrogens with zero attached hydrogens (tertiary/aromatic N) is 3. The zero-order valence-corrected chi connectivity index (χ0v) is 20.1. The van der Waals surface area contributed by atoms with E-state index in [2.05, 4.69) is 24.1 Å². The summed E-state index contributed by atoms with van der Waals surface area (Å²) in [4.78, 5) is 25.0. The molecule has 180 valence electrons. The standard InChI is InChI=1S/C22H30N4O6S/c1-5-24(6-2)18-11-9-17(10-12-18)23-22(27)16-32-21-14-13-19(15-20(21)26(28)29)33(30,31)25(7-3)8-4/h9-15H,5-8,16H2,1-4H3,(H,23,27). The van der Waals surface area contributed by atoms with Crippen LogP contribution in [0.4, 0.5) is 17.1 Å². The van der Waals surface area contributed by atoms with Crippen LogP contribution in [0, 0.1) is 10.1 Å². The predicted octanol–water partition coefficient (Wildman–Crippen LogP) is 3.49. The number of nitrogens with one attached hydrogen (secondary N) is 1. The number of nitro benzene ring substituents is 1. The fraction of sp³-hybridized carbons (Fsp3) is 0.409. The lowest BCUT2D eigenvalue weighted by molar-refractivity contribution is -0.386. The highest BCUT2D eigenvalue weighted by Crippen LogP contribution is 2.31. The molecule has 2 aromatic rings. The van der Waals surface area contributed by atoms with Crippen LogP contribution in [-0.2, 0) is 14.8 Å². The number of carbonyl (C=O) groups is 1. The smallest absolute Gasteiger partial charge is 0.312 e. The zero-order valence-electron chi connectivity index (χ0n) is 19.3. The summed E-state index contributed by atoms with van der Waals surface area (Å²) in [7, 11) is -3.87. The fourth-order valence-corrected chi connectivity index (χ4v) is 4.80. The molecule has 10 nitrogen and oxygen atoms in total. The Labute approximate surface area is 194 Å². The maximum atomic E-state index is 12.6. The third-order valence-corrected chi connectivity index (χ3v) is 7.15. The van der Waals surface area contributed by atoms with Crippen LogP contribution in [0.3, 0.4) is 0 Å². The number of hydrogen-bond acceptors (Lipinski definition) is 7. The number of carbonyl (C=O) groups excluding carboxylic acids is 1. The second-order valence-electron chi connectivity index (χ2n) is 7.03. The summed E-state index contributed by atoms with van der Waals surface area (Å²) in [6.45, 7) is 9.21. The lowest BCUT2D eigenvalue weighted by Gasteiger charge is -2.21. The van der Waals surface area contributed by atoms with Gasteiger partial charge >= 0.3 is 5.69 Å². The van der Waals surface area contributed by atoms with Crippen LogP contribution in [0.25, 0.3) is 0 Å². The molecule has 2 rings (SSSR count). The summed E-state index contributed by atoms with van der Waals surface area (Å²) in [5.74, 6) is -0.690. The molecule has 0 radical (unpaired) electrons. The van der Waals surface area contributed by atoms with E-state index in [1.54, 1.807) is 26.0 Å². The summed E-state index contributed by atoms with van der Waals surface area (Å²) in [5.41, 5.74) is 1.07. The zero-order chi connectivity index (χ0) is 24.6. The minimum absolute atomic E-state index is 0.189. The van der Waals surface area contributed by atoms with Crippen LogP contribution in [0.5, 0.6) is 5.75 Å². The highest BCUT2D eigenvalue weighted by Gasteiger charge is 2.26. The fourth-order valence-electron chi connectivity index (χ4n) is 3.32. The molecule has 0 aromatic heterocycles. The maximum Gasteiger partial charge on any atom is 0.312 e. The van der Waals surface area contributed by atoms with Crippen LogP contribution < -0.4 is 15.0 Å². The van der Waals surface area contributed by atoms with Crippen LogP contribution in [0.2, 0.25) is 0 Å². The Balaban J connectivity index is 2.11. The van der Waals surface area contributed by atoms with E-state index < -0.39 is 33.1 Å². The number of hydrogen-bond donors (Lipinski definition) is 1. The molecule has 1 amide bonds. The van der Waals surface area contributed by atoms with Gasteiger partial charge in [0.05, 0.1) is 9.82 Å². The van der Waals surface area contributed by atoms with Gasteiger partial charge in [-0.25, -0.2) is 8.42 Å². The van der Waals surface area contributed by atoms with Gasteiger partial charge in [0.1, 0.15) is 0 Å². The summed E-state index contributed by atoms with van der Waals surface area (Å²) < 4.78 is 31.8. The van der Waals surface area contributed by atoms with Gasteiger partial charge in [-0.2, -0.15) is 4.31 Å². The highest BCUT2D eigenvalue weighted by molar-refractivity contribution is 7.89. The molecule has 0 saturated carbocycles. The third-order valence-electron chi connectivity index (χ3n) is 5.11. The monoisotopic (exact) mass is 478 g/mol. The molecule has 0 aliphatic carbocycles. The van der Waals surface area contributed by atoms with E-state index in [4.69, 9.17) is 4.74 Å². The van der Waals surface area contributed by atoms with Crippen molar-refractivity contribution in [2.45, 2.75) is 32.6 Å². The minimum atomic E-state index is -3.87. The molecule has 0 spiro atoms. The molecule has 0 saturated heterocycles. The normalized spacial score (nSPS) is 11.3. The van der Waals surface area contributed by atoms with E-state index in [-0.39, 0.29) is 23.7 Å². The van der Waals surface area contributed by atoms with Crippen LogP contribution >= 0.6 is 0 Å². The van der Waals surface area contributed by atoms with Gasteiger partial charge in [-0.05, 0) is 50.2 Å². The topological polar surface area (TPSA) is 122 Å². The van der Waals surface area contributed by atoms with Gasteiger partial charge in [-0.3, -0.25) is 14.9 Å². The average molecular weight is 479 g/mol. The number of sulfonamides is 1. The van der Waals surface area contributed by atoms with Crippen molar-refractivity contribution in [1.29, 1.82) is 0 Å². The molecule has 0 aliphatic heterocycles. The summed E-state index contributed by atoms with van der Waals surface area (Å²) in [6.07, 6.45) is 0. The molecule has 0 atom stereocenters. The first-order valence-corrected chi connectivity index (χ1v) is 12.2. The van der Waals surface area contributed by atoms with Crippen molar-refractivity contribution in [2.75, 3.05) is 43.0 Å². The second kappa shape index (κ2) is 11.6. The number of amides is 1. The van der Waals surface area contributed by atoms with Crippen molar-refractivity contribution in [1.82, 2.24) is 4.31 Å². The molecule has 0 heterocycles. The Hall–Kier alpha value is -3.18. The predicted molar refractivity (Wildman–Crippen MR) is 127 cm³/mol. The number of benzene rings is 2. The molecule has 0 unspecified atom stereocenters. The molecule has 0 aliphatic rings. The molecule has 33 heavy (non-hydrogen) atoms. The second-order valence-corrected chi connectivity index (χ2v) is 8.97. The minimum Gasteiger partial charge on any atom is -0.477 e. The first-order chi connectivity index (χ1) is 15.7. The lowest BCUT2D eigenvalue weighted by atomic mass is 10.2. The van der Waals surface area contributed by atoms with Gasteiger partial charge in [-0.1, -0.05) is 13.8 Å². The molecule has 0 fully saturated rings.